The average Bonchev–Trinajstić information content (AvgIpc) is 3.02. The zero-order chi connectivity index (χ0) is 19.2. The maximum Gasteiger partial charge on any atom is 0.328 e. The highest BCUT2D eigenvalue weighted by Crippen LogP contribution is 2.42. The molecule has 2 atom stereocenters. The zero-order valence-corrected chi connectivity index (χ0v) is 17.2. The van der Waals surface area contributed by atoms with E-state index >= 15 is 0 Å². The minimum atomic E-state index is -0.931. The summed E-state index contributed by atoms with van der Waals surface area (Å²) < 4.78 is 0. The van der Waals surface area contributed by atoms with Crippen molar-refractivity contribution in [3.63, 3.8) is 0 Å². The van der Waals surface area contributed by atoms with Crippen LogP contribution in [-0.2, 0) is 4.79 Å². The van der Waals surface area contributed by atoms with E-state index in [0.29, 0.717) is 5.25 Å². The van der Waals surface area contributed by atoms with Gasteiger partial charge in [-0.15, -0.1) is 11.8 Å². The van der Waals surface area contributed by atoms with Crippen LogP contribution < -0.4 is 0 Å². The normalized spacial score (nSPS) is 21.2. The molecule has 2 aromatic rings. The number of hydrogen-bond acceptors (Lipinski definition) is 3. The monoisotopic (exact) mass is 396 g/mol. The van der Waals surface area contributed by atoms with Crippen molar-refractivity contribution in [2.45, 2.75) is 46.6 Å². The van der Waals surface area contributed by atoms with E-state index in [4.69, 9.17) is 5.11 Å². The van der Waals surface area contributed by atoms with Gasteiger partial charge in [-0.25, -0.2) is 4.79 Å². The van der Waals surface area contributed by atoms with Gasteiger partial charge in [-0.1, -0.05) is 42.5 Å². The lowest BCUT2D eigenvalue weighted by Crippen LogP contribution is -2.01. The molecule has 1 fully saturated rings. The molecular formula is C23H24O2S2. The molecule has 2 unspecified atom stereocenters. The van der Waals surface area contributed by atoms with Gasteiger partial charge in [0.25, 0.3) is 0 Å². The Bertz CT molecular complexity index is 836. The van der Waals surface area contributed by atoms with E-state index in [2.05, 4.69) is 44.2 Å². The minimum absolute atomic E-state index is 0.620. The predicted molar refractivity (Wildman–Crippen MR) is 115 cm³/mol. The number of rotatable bonds is 6. The molecule has 140 valence electrons. The smallest absolute Gasteiger partial charge is 0.328 e. The Morgan fingerprint density at radius 3 is 2.19 bits per heavy atom. The molecule has 0 radical (unpaired) electrons. The van der Waals surface area contributed by atoms with Crippen LogP contribution in [0.3, 0.4) is 0 Å². The molecule has 0 amide bonds. The fourth-order valence-corrected chi connectivity index (χ4v) is 5.55. The molecule has 2 aromatic carbocycles. The number of carboxylic acids is 1. The molecule has 1 aliphatic rings. The molecule has 0 spiro atoms. The fraction of sp³-hybridized carbons (Fsp3) is 0.261. The molecule has 4 heteroatoms. The van der Waals surface area contributed by atoms with Crippen LogP contribution in [-0.4, -0.2) is 16.3 Å². The number of hydrogen-bond donors (Lipinski definition) is 1. The summed E-state index contributed by atoms with van der Waals surface area (Å²) in [6.45, 7) is 4.49. The Kier molecular flexibility index (Phi) is 6.86. The van der Waals surface area contributed by atoms with Crippen LogP contribution in [0.4, 0.5) is 0 Å². The van der Waals surface area contributed by atoms with Crippen LogP contribution >= 0.6 is 23.5 Å². The summed E-state index contributed by atoms with van der Waals surface area (Å²) in [6, 6.07) is 16.7. The number of thioether (sulfide) groups is 1. The first kappa shape index (κ1) is 19.8. The first-order valence-corrected chi connectivity index (χ1v) is 10.9. The molecule has 0 aromatic heterocycles. The number of aliphatic carboxylic acids is 1. The second kappa shape index (κ2) is 9.34. The first-order chi connectivity index (χ1) is 13.0. The zero-order valence-electron chi connectivity index (χ0n) is 15.6. The largest absolute Gasteiger partial charge is 0.478 e. The van der Waals surface area contributed by atoms with Gasteiger partial charge in [0.15, 0.2) is 0 Å². The van der Waals surface area contributed by atoms with Gasteiger partial charge in [-0.3, -0.25) is 0 Å². The van der Waals surface area contributed by atoms with Gasteiger partial charge >= 0.3 is 5.97 Å². The van der Waals surface area contributed by atoms with Crippen molar-refractivity contribution in [1.29, 1.82) is 0 Å². The quantitative estimate of drug-likeness (QED) is 0.432. The second-order valence-electron chi connectivity index (χ2n) is 6.69. The predicted octanol–water partition coefficient (Wildman–Crippen LogP) is 6.77. The van der Waals surface area contributed by atoms with Crippen LogP contribution in [0.15, 0.2) is 80.9 Å². The molecule has 1 saturated carbocycles. The summed E-state index contributed by atoms with van der Waals surface area (Å²) in [6.07, 6.45) is 7.62. The maximum absolute atomic E-state index is 10.6. The highest BCUT2D eigenvalue weighted by atomic mass is 32.2. The summed E-state index contributed by atoms with van der Waals surface area (Å²) >= 11 is 3.70. The minimum Gasteiger partial charge on any atom is -0.478 e. The SMILES string of the molecule is C/C=C1/C(C)CCC1Sc1ccc(Sc2ccc(/C=C/C(=O)O)cc2)cc1. The van der Waals surface area contributed by atoms with Gasteiger partial charge in [0.2, 0.25) is 0 Å². The van der Waals surface area contributed by atoms with Crippen molar-refractivity contribution in [1.82, 2.24) is 0 Å². The van der Waals surface area contributed by atoms with Gasteiger partial charge in [0.1, 0.15) is 0 Å². The standard InChI is InChI=1S/C23H24O2S2/c1-3-21-16(2)4-14-22(21)27-20-12-10-19(11-13-20)26-18-8-5-17(6-9-18)7-15-23(24)25/h3,5-13,15-16,22H,4,14H2,1-2H3,(H,24,25)/b15-7+,21-3-. The Hall–Kier alpha value is -1.91. The average molecular weight is 397 g/mol. The molecule has 27 heavy (non-hydrogen) atoms. The number of carbonyl (C=O) groups is 1. The van der Waals surface area contributed by atoms with Crippen molar-refractivity contribution in [3.8, 4) is 0 Å². The van der Waals surface area contributed by atoms with E-state index in [1.165, 1.54) is 22.6 Å². The van der Waals surface area contributed by atoms with E-state index in [1.807, 2.05) is 36.0 Å². The van der Waals surface area contributed by atoms with Crippen LogP contribution in [0.5, 0.6) is 0 Å². The Morgan fingerprint density at radius 2 is 1.59 bits per heavy atom. The Balaban J connectivity index is 1.60. The summed E-state index contributed by atoms with van der Waals surface area (Å²) in [5.74, 6) is -0.212. The van der Waals surface area contributed by atoms with Crippen LogP contribution in [0.2, 0.25) is 0 Å². The van der Waals surface area contributed by atoms with Gasteiger partial charge in [-0.2, -0.15) is 0 Å². The molecular weight excluding hydrogens is 372 g/mol. The van der Waals surface area contributed by atoms with Crippen molar-refractivity contribution < 1.29 is 9.90 Å². The number of allylic oxidation sites excluding steroid dienone is 1. The van der Waals surface area contributed by atoms with Crippen molar-refractivity contribution >= 4 is 35.6 Å². The topological polar surface area (TPSA) is 37.3 Å². The summed E-state index contributed by atoms with van der Waals surface area (Å²) in [4.78, 5) is 14.2. The highest BCUT2D eigenvalue weighted by molar-refractivity contribution is 8.00. The van der Waals surface area contributed by atoms with Gasteiger partial charge in [-0.05, 0) is 73.7 Å². The van der Waals surface area contributed by atoms with Gasteiger partial charge in [0.05, 0.1) is 0 Å². The summed E-state index contributed by atoms with van der Waals surface area (Å²) in [5, 5.41) is 9.30. The molecule has 1 N–H and O–H groups in total. The summed E-state index contributed by atoms with van der Waals surface area (Å²) in [5.41, 5.74) is 2.48. The van der Waals surface area contributed by atoms with E-state index in [1.54, 1.807) is 23.4 Å². The molecule has 0 bridgehead atoms. The van der Waals surface area contributed by atoms with Crippen LogP contribution in [0.1, 0.15) is 32.3 Å². The lowest BCUT2D eigenvalue weighted by molar-refractivity contribution is -0.131. The lowest BCUT2D eigenvalue weighted by Gasteiger charge is -2.14. The van der Waals surface area contributed by atoms with Crippen LogP contribution in [0.25, 0.3) is 6.08 Å². The van der Waals surface area contributed by atoms with Gasteiger partial charge < -0.3 is 5.11 Å². The second-order valence-corrected chi connectivity index (χ2v) is 9.11. The van der Waals surface area contributed by atoms with E-state index < -0.39 is 5.97 Å². The van der Waals surface area contributed by atoms with Crippen molar-refractivity contribution in [2.24, 2.45) is 5.92 Å². The molecule has 1 aliphatic carbocycles. The lowest BCUT2D eigenvalue weighted by atomic mass is 10.1. The highest BCUT2D eigenvalue weighted by Gasteiger charge is 2.27. The number of benzene rings is 2. The molecule has 3 rings (SSSR count). The van der Waals surface area contributed by atoms with E-state index in [-0.39, 0.29) is 0 Å². The van der Waals surface area contributed by atoms with E-state index in [0.717, 1.165) is 22.5 Å². The maximum atomic E-state index is 10.6. The Morgan fingerprint density at radius 1 is 1.00 bits per heavy atom. The first-order valence-electron chi connectivity index (χ1n) is 9.17. The molecule has 0 heterocycles. The third kappa shape index (κ3) is 5.53. The molecule has 0 aliphatic heterocycles. The van der Waals surface area contributed by atoms with Crippen molar-refractivity contribution in [2.75, 3.05) is 0 Å². The van der Waals surface area contributed by atoms with Gasteiger partial charge in [0, 0.05) is 26.0 Å². The van der Waals surface area contributed by atoms with E-state index in [9.17, 15) is 4.79 Å². The molecule has 0 saturated heterocycles. The van der Waals surface area contributed by atoms with Crippen molar-refractivity contribution in [3.05, 3.63) is 71.8 Å². The summed E-state index contributed by atoms with van der Waals surface area (Å²) in [7, 11) is 0. The number of carboxylic acid groups (broad SMARTS) is 1. The third-order valence-corrected chi connectivity index (χ3v) is 7.12. The molecule has 2 nitrogen and oxygen atoms in total. The fourth-order valence-electron chi connectivity index (χ4n) is 3.35. The third-order valence-electron chi connectivity index (χ3n) is 4.77. The Labute approximate surface area is 169 Å². The van der Waals surface area contributed by atoms with Crippen LogP contribution in [0, 0.1) is 5.92 Å².